The van der Waals surface area contributed by atoms with Crippen molar-refractivity contribution < 1.29 is 0 Å². The van der Waals surface area contributed by atoms with Crippen LogP contribution in [0.15, 0.2) is 24.3 Å². The molecular formula is C17H30N2. The highest BCUT2D eigenvalue weighted by Crippen LogP contribution is 2.18. The molecule has 0 heterocycles. The van der Waals surface area contributed by atoms with Crippen molar-refractivity contribution in [3.05, 3.63) is 35.4 Å². The Morgan fingerprint density at radius 1 is 1.11 bits per heavy atom. The molecule has 108 valence electrons. The normalized spacial score (nSPS) is 13.2. The molecule has 0 bridgehead atoms. The Kier molecular flexibility index (Phi) is 7.11. The molecule has 0 amide bonds. The van der Waals surface area contributed by atoms with E-state index in [1.807, 2.05) is 0 Å². The summed E-state index contributed by atoms with van der Waals surface area (Å²) >= 11 is 0. The van der Waals surface area contributed by atoms with Crippen LogP contribution in [0.1, 0.15) is 50.3 Å². The predicted octanol–water partition coefficient (Wildman–Crippen LogP) is 3.77. The van der Waals surface area contributed by atoms with Crippen LogP contribution >= 0.6 is 0 Å². The molecule has 0 fully saturated rings. The molecule has 0 aliphatic rings. The molecule has 1 unspecified atom stereocenters. The van der Waals surface area contributed by atoms with E-state index in [-0.39, 0.29) is 0 Å². The van der Waals surface area contributed by atoms with Crippen molar-refractivity contribution in [2.75, 3.05) is 20.6 Å². The number of hydrogen-bond donors (Lipinski definition) is 1. The fourth-order valence-corrected chi connectivity index (χ4v) is 2.70. The molecule has 1 atom stereocenters. The van der Waals surface area contributed by atoms with Gasteiger partial charge < -0.3 is 10.2 Å². The molecule has 0 saturated carbocycles. The van der Waals surface area contributed by atoms with Crippen LogP contribution in [0.4, 0.5) is 0 Å². The Morgan fingerprint density at radius 2 is 1.68 bits per heavy atom. The molecule has 19 heavy (non-hydrogen) atoms. The number of nitrogens with zero attached hydrogens (tertiary/aromatic N) is 1. The van der Waals surface area contributed by atoms with Crippen LogP contribution in [-0.4, -0.2) is 31.6 Å². The average Bonchev–Trinajstić information content (AvgIpc) is 2.42. The minimum Gasteiger partial charge on any atom is -0.313 e. The highest BCUT2D eigenvalue weighted by atomic mass is 15.1. The maximum atomic E-state index is 3.44. The first-order valence-corrected chi connectivity index (χ1v) is 7.56. The summed E-state index contributed by atoms with van der Waals surface area (Å²) in [6.07, 6.45) is 3.63. The second-order valence-corrected chi connectivity index (χ2v) is 5.49. The summed E-state index contributed by atoms with van der Waals surface area (Å²) in [5, 5.41) is 3.44. The lowest BCUT2D eigenvalue weighted by molar-refractivity contribution is 0.219. The highest BCUT2D eigenvalue weighted by Gasteiger charge is 2.14. The number of benzene rings is 1. The minimum atomic E-state index is 0.456. The molecular weight excluding hydrogens is 232 g/mol. The first-order chi connectivity index (χ1) is 9.12. The summed E-state index contributed by atoms with van der Waals surface area (Å²) in [4.78, 5) is 2.50. The Hall–Kier alpha value is -0.860. The van der Waals surface area contributed by atoms with Crippen LogP contribution in [0.2, 0.25) is 0 Å². The van der Waals surface area contributed by atoms with E-state index in [1.165, 1.54) is 24.0 Å². The summed E-state index contributed by atoms with van der Waals surface area (Å²) < 4.78 is 0. The SMILES string of the molecule is CCC(CC)N(C)CCC(NC)c1ccc(C)cc1. The van der Waals surface area contributed by atoms with Crippen molar-refractivity contribution in [3.63, 3.8) is 0 Å². The van der Waals surface area contributed by atoms with E-state index in [1.54, 1.807) is 0 Å². The maximum absolute atomic E-state index is 3.44. The van der Waals surface area contributed by atoms with E-state index in [0.29, 0.717) is 6.04 Å². The third-order valence-electron chi connectivity index (χ3n) is 4.16. The number of aryl methyl sites for hydroxylation is 1. The number of rotatable bonds is 8. The number of nitrogens with one attached hydrogen (secondary N) is 1. The van der Waals surface area contributed by atoms with Crippen LogP contribution in [0, 0.1) is 6.92 Å². The molecule has 0 aliphatic carbocycles. The van der Waals surface area contributed by atoms with Gasteiger partial charge in [0, 0.05) is 12.1 Å². The first-order valence-electron chi connectivity index (χ1n) is 7.56. The second-order valence-electron chi connectivity index (χ2n) is 5.49. The van der Waals surface area contributed by atoms with Crippen LogP contribution in [-0.2, 0) is 0 Å². The molecule has 1 aromatic rings. The highest BCUT2D eigenvalue weighted by molar-refractivity contribution is 5.24. The van der Waals surface area contributed by atoms with Crippen molar-refractivity contribution in [2.24, 2.45) is 0 Å². The Bertz CT molecular complexity index is 341. The second kappa shape index (κ2) is 8.34. The standard InChI is InChI=1S/C17H30N2/c1-6-16(7-2)19(5)13-12-17(18-4)15-10-8-14(3)9-11-15/h8-11,16-18H,6-7,12-13H2,1-5H3. The summed E-state index contributed by atoms with van der Waals surface area (Å²) in [6.45, 7) is 7.84. The lowest BCUT2D eigenvalue weighted by atomic mass is 10.0. The summed E-state index contributed by atoms with van der Waals surface area (Å²) in [5.41, 5.74) is 2.72. The fraction of sp³-hybridized carbons (Fsp3) is 0.647. The molecule has 1 N–H and O–H groups in total. The van der Waals surface area contributed by atoms with Gasteiger partial charge in [0.2, 0.25) is 0 Å². The zero-order valence-corrected chi connectivity index (χ0v) is 13.2. The van der Waals surface area contributed by atoms with Crippen LogP contribution in [0.3, 0.4) is 0 Å². The largest absolute Gasteiger partial charge is 0.313 e. The van der Waals surface area contributed by atoms with Gasteiger partial charge in [-0.25, -0.2) is 0 Å². The summed E-state index contributed by atoms with van der Waals surface area (Å²) in [7, 11) is 4.31. The van der Waals surface area contributed by atoms with E-state index in [2.05, 4.69) is 69.3 Å². The quantitative estimate of drug-likeness (QED) is 0.767. The van der Waals surface area contributed by atoms with Gasteiger partial charge in [-0.1, -0.05) is 43.7 Å². The molecule has 2 nitrogen and oxygen atoms in total. The van der Waals surface area contributed by atoms with Crippen LogP contribution < -0.4 is 5.32 Å². The fourth-order valence-electron chi connectivity index (χ4n) is 2.70. The maximum Gasteiger partial charge on any atom is 0.0329 e. The van der Waals surface area contributed by atoms with E-state index in [9.17, 15) is 0 Å². The lowest BCUT2D eigenvalue weighted by Crippen LogP contribution is -2.33. The Morgan fingerprint density at radius 3 is 2.16 bits per heavy atom. The van der Waals surface area contributed by atoms with E-state index < -0.39 is 0 Å². The average molecular weight is 262 g/mol. The number of hydrogen-bond acceptors (Lipinski definition) is 2. The molecule has 2 heteroatoms. The molecule has 0 aromatic heterocycles. The molecule has 0 spiro atoms. The first kappa shape index (κ1) is 16.2. The topological polar surface area (TPSA) is 15.3 Å². The van der Waals surface area contributed by atoms with Crippen LogP contribution in [0.25, 0.3) is 0 Å². The Labute approximate surface area is 119 Å². The zero-order chi connectivity index (χ0) is 14.3. The van der Waals surface area contributed by atoms with E-state index in [0.717, 1.165) is 19.0 Å². The van der Waals surface area contributed by atoms with Gasteiger partial charge in [-0.15, -0.1) is 0 Å². The van der Waals surface area contributed by atoms with Crippen LogP contribution in [0.5, 0.6) is 0 Å². The van der Waals surface area contributed by atoms with Crippen molar-refractivity contribution in [3.8, 4) is 0 Å². The van der Waals surface area contributed by atoms with Gasteiger partial charge in [0.05, 0.1) is 0 Å². The van der Waals surface area contributed by atoms with Gasteiger partial charge in [-0.3, -0.25) is 0 Å². The van der Waals surface area contributed by atoms with Gasteiger partial charge in [0.25, 0.3) is 0 Å². The zero-order valence-electron chi connectivity index (χ0n) is 13.2. The predicted molar refractivity (Wildman–Crippen MR) is 84.6 cm³/mol. The van der Waals surface area contributed by atoms with E-state index in [4.69, 9.17) is 0 Å². The molecule has 1 rings (SSSR count). The van der Waals surface area contributed by atoms with Crippen molar-refractivity contribution in [1.82, 2.24) is 10.2 Å². The molecule has 0 aliphatic heterocycles. The lowest BCUT2D eigenvalue weighted by Gasteiger charge is -2.28. The van der Waals surface area contributed by atoms with E-state index >= 15 is 0 Å². The van der Waals surface area contributed by atoms with Gasteiger partial charge in [0.15, 0.2) is 0 Å². The molecule has 0 saturated heterocycles. The third-order valence-corrected chi connectivity index (χ3v) is 4.16. The van der Waals surface area contributed by atoms with Gasteiger partial charge >= 0.3 is 0 Å². The third kappa shape index (κ3) is 4.96. The van der Waals surface area contributed by atoms with Crippen molar-refractivity contribution in [1.29, 1.82) is 0 Å². The summed E-state index contributed by atoms with van der Waals surface area (Å²) in [5.74, 6) is 0. The minimum absolute atomic E-state index is 0.456. The van der Waals surface area contributed by atoms with Crippen molar-refractivity contribution >= 4 is 0 Å². The Balaban J connectivity index is 2.55. The smallest absolute Gasteiger partial charge is 0.0329 e. The van der Waals surface area contributed by atoms with Gasteiger partial charge in [-0.05, 0) is 52.4 Å². The van der Waals surface area contributed by atoms with Gasteiger partial charge in [0.1, 0.15) is 0 Å². The monoisotopic (exact) mass is 262 g/mol. The summed E-state index contributed by atoms with van der Waals surface area (Å²) in [6, 6.07) is 10.1. The molecule has 1 aromatic carbocycles. The van der Waals surface area contributed by atoms with Gasteiger partial charge in [-0.2, -0.15) is 0 Å². The van der Waals surface area contributed by atoms with Crippen molar-refractivity contribution in [2.45, 2.75) is 52.1 Å². The molecule has 0 radical (unpaired) electrons.